The summed E-state index contributed by atoms with van der Waals surface area (Å²) in [4.78, 5) is 2.64. The Morgan fingerprint density at radius 1 is 0.759 bits per heavy atom. The van der Waals surface area contributed by atoms with Crippen LogP contribution in [0.25, 0.3) is 11.1 Å². The Hall–Kier alpha value is -2.58. The Balaban J connectivity index is 1.16. The summed E-state index contributed by atoms with van der Waals surface area (Å²) in [6.07, 6.45) is 5.11. The van der Waals surface area contributed by atoms with Crippen LogP contribution in [0.5, 0.6) is 0 Å². The Kier molecular flexibility index (Phi) is 6.98. The summed E-state index contributed by atoms with van der Waals surface area (Å²) < 4.78 is 0. The van der Waals surface area contributed by atoms with Gasteiger partial charge in [-0.2, -0.15) is 0 Å². The SMILES string of the molecule is c1ccc(CC2CCN(CCCNc3cccc(-c4ccccc4)c3)CC2)cc1. The van der Waals surface area contributed by atoms with Crippen molar-refractivity contribution >= 4 is 5.69 Å². The Bertz CT molecular complexity index is 852. The average molecular weight is 385 g/mol. The summed E-state index contributed by atoms with van der Waals surface area (Å²) in [6.45, 7) is 4.73. The number of hydrogen-bond acceptors (Lipinski definition) is 2. The van der Waals surface area contributed by atoms with E-state index in [1.807, 2.05) is 0 Å². The van der Waals surface area contributed by atoms with Crippen LogP contribution in [0.4, 0.5) is 5.69 Å². The van der Waals surface area contributed by atoms with E-state index in [4.69, 9.17) is 0 Å². The van der Waals surface area contributed by atoms with Gasteiger partial charge in [-0.3, -0.25) is 0 Å². The molecule has 0 atom stereocenters. The van der Waals surface area contributed by atoms with Gasteiger partial charge in [0.1, 0.15) is 0 Å². The monoisotopic (exact) mass is 384 g/mol. The van der Waals surface area contributed by atoms with Crippen LogP contribution in [0, 0.1) is 5.92 Å². The maximum atomic E-state index is 3.61. The Labute approximate surface area is 175 Å². The van der Waals surface area contributed by atoms with E-state index in [0.29, 0.717) is 0 Å². The van der Waals surface area contributed by atoms with Gasteiger partial charge in [0.05, 0.1) is 0 Å². The van der Waals surface area contributed by atoms with Gasteiger partial charge in [0.15, 0.2) is 0 Å². The highest BCUT2D eigenvalue weighted by Gasteiger charge is 2.18. The molecular weight excluding hydrogens is 352 g/mol. The minimum Gasteiger partial charge on any atom is -0.385 e. The normalized spacial score (nSPS) is 15.3. The zero-order valence-corrected chi connectivity index (χ0v) is 17.3. The number of likely N-dealkylation sites (tertiary alicyclic amines) is 1. The fourth-order valence-electron chi connectivity index (χ4n) is 4.34. The molecule has 3 aromatic rings. The van der Waals surface area contributed by atoms with Gasteiger partial charge in [-0.15, -0.1) is 0 Å². The average Bonchev–Trinajstić information content (AvgIpc) is 2.79. The molecule has 1 aliphatic heterocycles. The van der Waals surface area contributed by atoms with E-state index >= 15 is 0 Å². The van der Waals surface area contributed by atoms with Crippen molar-refractivity contribution in [1.29, 1.82) is 0 Å². The summed E-state index contributed by atoms with van der Waals surface area (Å²) in [7, 11) is 0. The fraction of sp³-hybridized carbons (Fsp3) is 0.333. The molecule has 1 aliphatic rings. The largest absolute Gasteiger partial charge is 0.385 e. The zero-order chi connectivity index (χ0) is 19.7. The molecule has 150 valence electrons. The molecule has 0 aromatic heterocycles. The van der Waals surface area contributed by atoms with E-state index in [1.165, 1.54) is 67.7 Å². The highest BCUT2D eigenvalue weighted by atomic mass is 15.1. The lowest BCUT2D eigenvalue weighted by atomic mass is 9.90. The zero-order valence-electron chi connectivity index (χ0n) is 17.3. The van der Waals surface area contributed by atoms with Crippen LogP contribution in [0.15, 0.2) is 84.9 Å². The van der Waals surface area contributed by atoms with Gasteiger partial charge in [-0.1, -0.05) is 72.8 Å². The van der Waals surface area contributed by atoms with Gasteiger partial charge < -0.3 is 10.2 Å². The first kappa shape index (κ1) is 19.7. The standard InChI is InChI=1S/C27H32N2/c1-3-9-23(10-4-1)21-24-15-19-29(20-16-24)18-8-17-28-27-14-7-13-26(22-27)25-11-5-2-6-12-25/h1-7,9-14,22,24,28H,8,15-21H2. The molecule has 29 heavy (non-hydrogen) atoms. The predicted octanol–water partition coefficient (Wildman–Crippen LogP) is 6.11. The molecule has 1 heterocycles. The Morgan fingerprint density at radius 3 is 2.21 bits per heavy atom. The van der Waals surface area contributed by atoms with Crippen LogP contribution in [-0.4, -0.2) is 31.1 Å². The van der Waals surface area contributed by atoms with Gasteiger partial charge in [0, 0.05) is 12.2 Å². The van der Waals surface area contributed by atoms with E-state index in [0.717, 1.165) is 12.5 Å². The molecule has 0 spiro atoms. The first-order chi connectivity index (χ1) is 14.4. The van der Waals surface area contributed by atoms with Crippen molar-refractivity contribution in [2.75, 3.05) is 31.5 Å². The molecule has 4 rings (SSSR count). The maximum Gasteiger partial charge on any atom is 0.0346 e. The molecule has 0 radical (unpaired) electrons. The van der Waals surface area contributed by atoms with Crippen LogP contribution >= 0.6 is 0 Å². The highest BCUT2D eigenvalue weighted by Crippen LogP contribution is 2.23. The summed E-state index contributed by atoms with van der Waals surface area (Å²) in [5.74, 6) is 0.854. The lowest BCUT2D eigenvalue weighted by Crippen LogP contribution is -2.35. The second-order valence-corrected chi connectivity index (χ2v) is 8.20. The van der Waals surface area contributed by atoms with Crippen molar-refractivity contribution in [3.8, 4) is 11.1 Å². The molecule has 1 fully saturated rings. The van der Waals surface area contributed by atoms with Crippen molar-refractivity contribution in [2.24, 2.45) is 5.92 Å². The summed E-state index contributed by atoms with van der Waals surface area (Å²) in [5, 5.41) is 3.61. The van der Waals surface area contributed by atoms with Crippen molar-refractivity contribution in [3.05, 3.63) is 90.5 Å². The van der Waals surface area contributed by atoms with E-state index < -0.39 is 0 Å². The molecule has 0 amide bonds. The van der Waals surface area contributed by atoms with E-state index in [2.05, 4.69) is 95.1 Å². The molecule has 0 unspecified atom stereocenters. The molecule has 0 saturated carbocycles. The number of hydrogen-bond donors (Lipinski definition) is 1. The van der Waals surface area contributed by atoms with Gasteiger partial charge in [0.2, 0.25) is 0 Å². The second kappa shape index (κ2) is 10.3. The summed E-state index contributed by atoms with van der Waals surface area (Å²) in [6, 6.07) is 30.3. The number of piperidine rings is 1. The van der Waals surface area contributed by atoms with E-state index in [9.17, 15) is 0 Å². The number of rotatable bonds is 8. The predicted molar refractivity (Wildman–Crippen MR) is 124 cm³/mol. The van der Waals surface area contributed by atoms with Gasteiger partial charge >= 0.3 is 0 Å². The van der Waals surface area contributed by atoms with Crippen LogP contribution in [0.2, 0.25) is 0 Å². The molecule has 0 bridgehead atoms. The van der Waals surface area contributed by atoms with Crippen LogP contribution in [0.1, 0.15) is 24.8 Å². The molecule has 0 aliphatic carbocycles. The van der Waals surface area contributed by atoms with E-state index in [1.54, 1.807) is 0 Å². The smallest absolute Gasteiger partial charge is 0.0346 e. The summed E-state index contributed by atoms with van der Waals surface area (Å²) >= 11 is 0. The number of anilines is 1. The van der Waals surface area contributed by atoms with Crippen LogP contribution in [0.3, 0.4) is 0 Å². The quantitative estimate of drug-likeness (QED) is 0.471. The van der Waals surface area contributed by atoms with Crippen molar-refractivity contribution in [1.82, 2.24) is 4.90 Å². The van der Waals surface area contributed by atoms with Crippen LogP contribution < -0.4 is 5.32 Å². The van der Waals surface area contributed by atoms with E-state index in [-0.39, 0.29) is 0 Å². The Morgan fingerprint density at radius 2 is 1.45 bits per heavy atom. The topological polar surface area (TPSA) is 15.3 Å². The first-order valence-electron chi connectivity index (χ1n) is 11.0. The lowest BCUT2D eigenvalue weighted by Gasteiger charge is -2.32. The van der Waals surface area contributed by atoms with Gasteiger partial charge in [0.25, 0.3) is 0 Å². The molecule has 1 N–H and O–H groups in total. The molecular formula is C27H32N2. The first-order valence-corrected chi connectivity index (χ1v) is 11.0. The lowest BCUT2D eigenvalue weighted by molar-refractivity contribution is 0.183. The fourth-order valence-corrected chi connectivity index (χ4v) is 4.34. The minimum atomic E-state index is 0.854. The second-order valence-electron chi connectivity index (χ2n) is 8.20. The van der Waals surface area contributed by atoms with Crippen molar-refractivity contribution in [3.63, 3.8) is 0 Å². The number of nitrogens with one attached hydrogen (secondary N) is 1. The molecule has 1 saturated heterocycles. The minimum absolute atomic E-state index is 0.854. The number of benzene rings is 3. The third-order valence-electron chi connectivity index (χ3n) is 6.02. The highest BCUT2D eigenvalue weighted by molar-refractivity contribution is 5.67. The number of nitrogens with zero attached hydrogens (tertiary/aromatic N) is 1. The third-order valence-corrected chi connectivity index (χ3v) is 6.02. The van der Waals surface area contributed by atoms with Gasteiger partial charge in [-0.05, 0) is 80.1 Å². The van der Waals surface area contributed by atoms with Gasteiger partial charge in [-0.25, -0.2) is 0 Å². The molecule has 3 aromatic carbocycles. The summed E-state index contributed by atoms with van der Waals surface area (Å²) in [5.41, 5.74) is 5.26. The maximum absolute atomic E-state index is 3.61. The third kappa shape index (κ3) is 5.95. The van der Waals surface area contributed by atoms with Crippen molar-refractivity contribution in [2.45, 2.75) is 25.7 Å². The molecule has 2 heteroatoms. The van der Waals surface area contributed by atoms with Crippen molar-refractivity contribution < 1.29 is 0 Å². The molecule has 2 nitrogen and oxygen atoms in total. The van der Waals surface area contributed by atoms with Crippen LogP contribution in [-0.2, 0) is 6.42 Å².